The molecule has 242 valence electrons. The van der Waals surface area contributed by atoms with Crippen LogP contribution in [0.1, 0.15) is 126 Å². The Morgan fingerprint density at radius 2 is 1.51 bits per heavy atom. The zero-order chi connectivity index (χ0) is 31.9. The monoisotopic (exact) mass is 617 g/mol. The first-order valence-electron chi connectivity index (χ1n) is 16.5. The van der Waals surface area contributed by atoms with E-state index in [1.165, 1.54) is 38.5 Å². The number of ether oxygens (including phenoxy) is 1. The van der Waals surface area contributed by atoms with E-state index in [1.807, 2.05) is 64.1 Å². The number of carboxylic acid groups (broad SMARTS) is 2. The van der Waals surface area contributed by atoms with Crippen molar-refractivity contribution in [3.63, 3.8) is 0 Å². The van der Waals surface area contributed by atoms with E-state index in [9.17, 15) is 14.7 Å². The first kappa shape index (κ1) is 38.6. The minimum absolute atomic E-state index is 0.189. The molecule has 1 saturated carbocycles. The lowest BCUT2D eigenvalue weighted by molar-refractivity contribution is -0.137. The molecule has 0 saturated heterocycles. The van der Waals surface area contributed by atoms with Gasteiger partial charge in [-0.25, -0.2) is 4.79 Å². The summed E-state index contributed by atoms with van der Waals surface area (Å²) in [4.78, 5) is 24.6. The number of halogens is 1. The molecule has 0 radical (unpaired) electrons. The van der Waals surface area contributed by atoms with Crippen molar-refractivity contribution in [1.82, 2.24) is 4.90 Å². The molecule has 43 heavy (non-hydrogen) atoms. The fourth-order valence-corrected chi connectivity index (χ4v) is 5.63. The highest BCUT2D eigenvalue weighted by molar-refractivity contribution is 6.31. The molecule has 6 nitrogen and oxygen atoms in total. The first-order valence-corrected chi connectivity index (χ1v) is 16.9. The van der Waals surface area contributed by atoms with Crippen molar-refractivity contribution in [2.24, 2.45) is 5.92 Å². The Morgan fingerprint density at radius 1 is 0.860 bits per heavy atom. The SMILES string of the molecule is CC.CC.O=C(O)CCCCN(CCC1CCCCCCCC(OCc2ccccc2Cl)C1)Cc1ccc(C(=O)O)cc1. The molecule has 2 aromatic rings. The van der Waals surface area contributed by atoms with Gasteiger partial charge in [-0.05, 0) is 80.4 Å². The van der Waals surface area contributed by atoms with E-state index in [-0.39, 0.29) is 18.1 Å². The summed E-state index contributed by atoms with van der Waals surface area (Å²) >= 11 is 6.37. The van der Waals surface area contributed by atoms with Gasteiger partial charge in [-0.1, -0.05) is 108 Å². The molecule has 1 fully saturated rings. The van der Waals surface area contributed by atoms with Crippen molar-refractivity contribution in [2.75, 3.05) is 13.1 Å². The molecule has 2 atom stereocenters. The molecule has 2 N–H and O–H groups in total. The van der Waals surface area contributed by atoms with Gasteiger partial charge in [0.25, 0.3) is 0 Å². The number of carbonyl (C=O) groups is 2. The number of unbranched alkanes of at least 4 members (excludes halogenated alkanes) is 1. The number of hydrogen-bond donors (Lipinski definition) is 2. The molecule has 2 unspecified atom stereocenters. The predicted octanol–water partition coefficient (Wildman–Crippen LogP) is 9.87. The molecule has 2 aromatic carbocycles. The summed E-state index contributed by atoms with van der Waals surface area (Å²) in [6.45, 7) is 11.0. The van der Waals surface area contributed by atoms with Crippen molar-refractivity contribution < 1.29 is 24.5 Å². The fourth-order valence-electron chi connectivity index (χ4n) is 5.44. The number of hydrogen-bond acceptors (Lipinski definition) is 4. The zero-order valence-electron chi connectivity index (χ0n) is 27.0. The Morgan fingerprint density at radius 3 is 2.16 bits per heavy atom. The topological polar surface area (TPSA) is 87.1 Å². The van der Waals surface area contributed by atoms with Crippen LogP contribution in [0.3, 0.4) is 0 Å². The van der Waals surface area contributed by atoms with Crippen LogP contribution in [0.4, 0.5) is 0 Å². The van der Waals surface area contributed by atoms with Crippen molar-refractivity contribution in [3.8, 4) is 0 Å². The quantitative estimate of drug-likeness (QED) is 0.205. The van der Waals surface area contributed by atoms with Crippen LogP contribution < -0.4 is 0 Å². The second kappa shape index (κ2) is 24.0. The van der Waals surface area contributed by atoms with Crippen molar-refractivity contribution >= 4 is 23.5 Å². The van der Waals surface area contributed by atoms with Crippen LogP contribution in [0.15, 0.2) is 48.5 Å². The molecule has 7 heteroatoms. The third kappa shape index (κ3) is 16.9. The van der Waals surface area contributed by atoms with Crippen LogP contribution in [0.5, 0.6) is 0 Å². The molecule has 1 aliphatic carbocycles. The van der Waals surface area contributed by atoms with Gasteiger partial charge in [0.1, 0.15) is 0 Å². The molecule has 0 amide bonds. The van der Waals surface area contributed by atoms with Gasteiger partial charge in [0.15, 0.2) is 0 Å². The summed E-state index contributed by atoms with van der Waals surface area (Å²) in [5, 5.41) is 19.0. The van der Waals surface area contributed by atoms with Crippen LogP contribution in [0.2, 0.25) is 5.02 Å². The van der Waals surface area contributed by atoms with E-state index in [0.29, 0.717) is 18.9 Å². The third-order valence-corrected chi connectivity index (χ3v) is 8.11. The standard InChI is InChI=1S/C32H44ClNO5.2C2H6/c33-30-13-7-6-11-28(30)24-39-29-12-5-3-1-2-4-10-25(22-29)19-21-34(20-9-8-14-31(35)36)23-26-15-17-27(18-16-26)32(37)38;2*1-2/h6-7,11,13,15-18,25,29H,1-5,8-10,12,14,19-24H2,(H,35,36)(H,37,38);2*1-2H3. The van der Waals surface area contributed by atoms with Crippen LogP contribution in [-0.4, -0.2) is 46.2 Å². The van der Waals surface area contributed by atoms with Crippen molar-refractivity contribution in [3.05, 3.63) is 70.2 Å². The number of aliphatic carboxylic acids is 1. The molecule has 0 heterocycles. The van der Waals surface area contributed by atoms with Gasteiger partial charge in [0.05, 0.1) is 18.3 Å². The maximum absolute atomic E-state index is 11.2. The van der Waals surface area contributed by atoms with Gasteiger partial charge in [-0.15, -0.1) is 0 Å². The van der Waals surface area contributed by atoms with E-state index in [4.69, 9.17) is 21.4 Å². The maximum atomic E-state index is 11.2. The van der Waals surface area contributed by atoms with Crippen LogP contribution >= 0.6 is 11.6 Å². The van der Waals surface area contributed by atoms with Gasteiger partial charge < -0.3 is 14.9 Å². The van der Waals surface area contributed by atoms with Gasteiger partial charge in [0.2, 0.25) is 0 Å². The van der Waals surface area contributed by atoms with E-state index < -0.39 is 11.9 Å². The normalized spacial score (nSPS) is 17.2. The highest BCUT2D eigenvalue weighted by Crippen LogP contribution is 2.28. The number of benzene rings is 2. The van der Waals surface area contributed by atoms with E-state index in [0.717, 1.165) is 61.5 Å². The summed E-state index contributed by atoms with van der Waals surface area (Å²) in [5.74, 6) is -1.11. The van der Waals surface area contributed by atoms with Gasteiger partial charge >= 0.3 is 11.9 Å². The Bertz CT molecular complexity index is 1010. The predicted molar refractivity (Wildman–Crippen MR) is 178 cm³/mol. The molecule has 0 aromatic heterocycles. The second-order valence-corrected chi connectivity index (χ2v) is 11.3. The number of aromatic carboxylic acids is 1. The second-order valence-electron chi connectivity index (χ2n) is 10.9. The summed E-state index contributed by atoms with van der Waals surface area (Å²) in [5.41, 5.74) is 2.40. The van der Waals surface area contributed by atoms with E-state index >= 15 is 0 Å². The minimum Gasteiger partial charge on any atom is -0.481 e. The Hall–Kier alpha value is -2.41. The van der Waals surface area contributed by atoms with E-state index in [2.05, 4.69) is 4.90 Å². The van der Waals surface area contributed by atoms with Crippen LogP contribution in [0.25, 0.3) is 0 Å². The number of rotatable bonds is 14. The molecular weight excluding hydrogens is 562 g/mol. The average Bonchev–Trinajstić information content (AvgIpc) is 3.02. The molecule has 0 aliphatic heterocycles. The third-order valence-electron chi connectivity index (χ3n) is 7.74. The fraction of sp³-hybridized carbons (Fsp3) is 0.611. The number of nitrogens with zero attached hydrogens (tertiary/aromatic N) is 1. The highest BCUT2D eigenvalue weighted by Gasteiger charge is 2.20. The van der Waals surface area contributed by atoms with Crippen LogP contribution in [0, 0.1) is 5.92 Å². The Kier molecular flexibility index (Phi) is 21.5. The summed E-state index contributed by atoms with van der Waals surface area (Å²) in [6, 6.07) is 15.0. The van der Waals surface area contributed by atoms with Gasteiger partial charge in [-0.3, -0.25) is 9.69 Å². The average molecular weight is 618 g/mol. The molecular formula is C36H56ClNO5. The maximum Gasteiger partial charge on any atom is 0.335 e. The largest absolute Gasteiger partial charge is 0.481 e. The van der Waals surface area contributed by atoms with Crippen molar-refractivity contribution in [2.45, 2.75) is 124 Å². The molecule has 1 aliphatic rings. The molecule has 3 rings (SSSR count). The Balaban J connectivity index is 0.00000221. The summed E-state index contributed by atoms with van der Waals surface area (Å²) in [7, 11) is 0. The van der Waals surface area contributed by atoms with Gasteiger partial charge in [0, 0.05) is 18.0 Å². The Labute approximate surface area is 265 Å². The molecule has 0 bridgehead atoms. The van der Waals surface area contributed by atoms with Crippen LogP contribution in [-0.2, 0) is 22.7 Å². The zero-order valence-corrected chi connectivity index (χ0v) is 27.8. The highest BCUT2D eigenvalue weighted by atomic mass is 35.5. The lowest BCUT2D eigenvalue weighted by atomic mass is 9.88. The smallest absolute Gasteiger partial charge is 0.335 e. The summed E-state index contributed by atoms with van der Waals surface area (Å²) < 4.78 is 6.45. The lowest BCUT2D eigenvalue weighted by Gasteiger charge is -2.29. The summed E-state index contributed by atoms with van der Waals surface area (Å²) in [6.07, 6.45) is 12.6. The number of carboxylic acids is 2. The van der Waals surface area contributed by atoms with E-state index in [1.54, 1.807) is 12.1 Å². The minimum atomic E-state index is -0.922. The van der Waals surface area contributed by atoms with Crippen molar-refractivity contribution in [1.29, 1.82) is 0 Å². The first-order chi connectivity index (χ1) is 20.9. The van der Waals surface area contributed by atoms with Gasteiger partial charge in [-0.2, -0.15) is 0 Å². The molecule has 0 spiro atoms. The lowest BCUT2D eigenvalue weighted by Crippen LogP contribution is -2.28.